The first kappa shape index (κ1) is 20.4. The lowest BCUT2D eigenvalue weighted by Crippen LogP contribution is -2.55. The first-order valence-corrected chi connectivity index (χ1v) is 10.2. The Balaban J connectivity index is 2.33. The van der Waals surface area contributed by atoms with Crippen LogP contribution in [0.25, 0.3) is 0 Å². The van der Waals surface area contributed by atoms with E-state index in [1.807, 2.05) is 0 Å². The van der Waals surface area contributed by atoms with Crippen molar-refractivity contribution in [1.82, 2.24) is 10.0 Å². The normalized spacial score (nSPS) is 23.4. The average molecular weight is 382 g/mol. The minimum atomic E-state index is -3.68. The Hall–Kier alpha value is -1.93. The van der Waals surface area contributed by atoms with Crippen molar-refractivity contribution in [3.63, 3.8) is 0 Å². The average Bonchev–Trinajstić information content (AvgIpc) is 2.54. The molecule has 0 spiro atoms. The Bertz CT molecular complexity index is 806. The van der Waals surface area contributed by atoms with E-state index in [0.717, 1.165) is 12.8 Å². The minimum Gasteiger partial charge on any atom is -0.481 e. The molecule has 0 aliphatic heterocycles. The van der Waals surface area contributed by atoms with Crippen LogP contribution in [-0.4, -0.2) is 37.5 Å². The third kappa shape index (κ3) is 4.24. The Labute approximate surface area is 154 Å². The fourth-order valence-electron chi connectivity index (χ4n) is 3.49. The number of aliphatic carboxylic acids is 1. The highest BCUT2D eigenvalue weighted by atomic mass is 32.2. The number of aryl methyl sites for hydroxylation is 1. The summed E-state index contributed by atoms with van der Waals surface area (Å²) in [6.45, 7) is 5.39. The van der Waals surface area contributed by atoms with Crippen LogP contribution in [0, 0.1) is 12.8 Å². The van der Waals surface area contributed by atoms with Crippen LogP contribution in [0.1, 0.15) is 55.5 Å². The van der Waals surface area contributed by atoms with Crippen LogP contribution < -0.4 is 10.0 Å². The van der Waals surface area contributed by atoms with Crippen molar-refractivity contribution < 1.29 is 23.1 Å². The number of sulfonamides is 1. The summed E-state index contributed by atoms with van der Waals surface area (Å²) in [6.07, 6.45) is 2.75. The lowest BCUT2D eigenvalue weighted by molar-refractivity contribution is -0.145. The molecule has 8 heteroatoms. The third-order valence-electron chi connectivity index (χ3n) is 5.00. The molecule has 26 heavy (non-hydrogen) atoms. The summed E-state index contributed by atoms with van der Waals surface area (Å²) in [5, 5.41) is 12.3. The van der Waals surface area contributed by atoms with E-state index in [2.05, 4.69) is 10.0 Å². The van der Waals surface area contributed by atoms with Crippen molar-refractivity contribution in [2.75, 3.05) is 6.54 Å². The molecule has 0 aromatic heterocycles. The first-order valence-electron chi connectivity index (χ1n) is 8.76. The van der Waals surface area contributed by atoms with Gasteiger partial charge in [0.2, 0.25) is 10.0 Å². The monoisotopic (exact) mass is 382 g/mol. The van der Waals surface area contributed by atoms with Crippen molar-refractivity contribution in [2.24, 2.45) is 5.92 Å². The highest BCUT2D eigenvalue weighted by Gasteiger charge is 2.42. The lowest BCUT2D eigenvalue weighted by atomic mass is 9.73. The van der Waals surface area contributed by atoms with E-state index in [1.54, 1.807) is 26.8 Å². The molecule has 1 aromatic rings. The zero-order valence-corrected chi connectivity index (χ0v) is 16.1. The molecule has 1 fully saturated rings. The van der Waals surface area contributed by atoms with E-state index in [4.69, 9.17) is 0 Å². The summed E-state index contributed by atoms with van der Waals surface area (Å²) in [7, 11) is -3.68. The predicted molar refractivity (Wildman–Crippen MR) is 97.5 cm³/mol. The summed E-state index contributed by atoms with van der Waals surface area (Å²) in [5.41, 5.74) is 0.00796. The second-order valence-corrected chi connectivity index (χ2v) is 8.75. The number of carbonyl (C=O) groups excluding carboxylic acids is 1. The lowest BCUT2D eigenvalue weighted by Gasteiger charge is -2.40. The van der Waals surface area contributed by atoms with Crippen molar-refractivity contribution >= 4 is 21.9 Å². The number of carbonyl (C=O) groups is 2. The maximum atomic E-state index is 12.8. The number of amides is 1. The van der Waals surface area contributed by atoms with E-state index in [1.165, 1.54) is 12.1 Å². The van der Waals surface area contributed by atoms with Gasteiger partial charge in [-0.3, -0.25) is 9.59 Å². The molecule has 1 aromatic carbocycles. The van der Waals surface area contributed by atoms with Gasteiger partial charge in [-0.1, -0.05) is 25.8 Å². The fraction of sp³-hybridized carbons (Fsp3) is 0.556. The van der Waals surface area contributed by atoms with Gasteiger partial charge in [-0.2, -0.15) is 0 Å². The molecule has 1 aliphatic carbocycles. The van der Waals surface area contributed by atoms with Gasteiger partial charge in [-0.05, 0) is 44.4 Å². The van der Waals surface area contributed by atoms with Gasteiger partial charge in [0.25, 0.3) is 5.91 Å². The second-order valence-electron chi connectivity index (χ2n) is 6.99. The Morgan fingerprint density at radius 2 is 2.00 bits per heavy atom. The van der Waals surface area contributed by atoms with Crippen molar-refractivity contribution in [1.29, 1.82) is 0 Å². The molecule has 1 aliphatic rings. The van der Waals surface area contributed by atoms with Crippen molar-refractivity contribution in [2.45, 2.75) is 56.9 Å². The third-order valence-corrected chi connectivity index (χ3v) is 6.55. The van der Waals surface area contributed by atoms with Gasteiger partial charge in [0.1, 0.15) is 0 Å². The van der Waals surface area contributed by atoms with Crippen LogP contribution in [0.3, 0.4) is 0 Å². The second kappa shape index (κ2) is 7.75. The molecule has 2 rings (SSSR count). The topological polar surface area (TPSA) is 113 Å². The molecule has 2 unspecified atom stereocenters. The van der Waals surface area contributed by atoms with Crippen LogP contribution in [0.15, 0.2) is 23.1 Å². The molecular weight excluding hydrogens is 356 g/mol. The number of hydrogen-bond donors (Lipinski definition) is 3. The van der Waals surface area contributed by atoms with Crippen LogP contribution in [-0.2, 0) is 14.8 Å². The Morgan fingerprint density at radius 3 is 2.62 bits per heavy atom. The van der Waals surface area contributed by atoms with E-state index in [9.17, 15) is 23.1 Å². The number of hydrogen-bond acceptors (Lipinski definition) is 4. The molecule has 0 saturated heterocycles. The smallest absolute Gasteiger partial charge is 0.308 e. The molecule has 1 saturated carbocycles. The summed E-state index contributed by atoms with van der Waals surface area (Å²) in [6, 6.07) is 4.37. The molecule has 7 nitrogen and oxygen atoms in total. The Kier molecular flexibility index (Phi) is 6.08. The number of rotatable bonds is 6. The summed E-state index contributed by atoms with van der Waals surface area (Å²) >= 11 is 0. The highest BCUT2D eigenvalue weighted by molar-refractivity contribution is 7.89. The standard InChI is InChI=1S/C18H26N2O5S/c1-4-19-26(24,25)13-9-8-12(2)14(11-13)16(21)20-18(3)10-6-5-7-15(18)17(22)23/h8-9,11,15,19H,4-7,10H2,1-3H3,(H,20,21)(H,22,23). The van der Waals surface area contributed by atoms with E-state index in [-0.39, 0.29) is 17.0 Å². The van der Waals surface area contributed by atoms with Gasteiger partial charge in [0.15, 0.2) is 0 Å². The van der Waals surface area contributed by atoms with E-state index in [0.29, 0.717) is 18.4 Å². The van der Waals surface area contributed by atoms with Gasteiger partial charge in [0.05, 0.1) is 16.4 Å². The van der Waals surface area contributed by atoms with Gasteiger partial charge in [0, 0.05) is 12.1 Å². The Morgan fingerprint density at radius 1 is 1.31 bits per heavy atom. The quantitative estimate of drug-likeness (QED) is 0.697. The molecule has 0 radical (unpaired) electrons. The summed E-state index contributed by atoms with van der Waals surface area (Å²) in [5.74, 6) is -2.03. The SMILES string of the molecule is CCNS(=O)(=O)c1ccc(C)c(C(=O)NC2(C)CCCCC2C(=O)O)c1. The van der Waals surface area contributed by atoms with Gasteiger partial charge >= 0.3 is 5.97 Å². The number of nitrogens with one attached hydrogen (secondary N) is 2. The fourth-order valence-corrected chi connectivity index (χ4v) is 4.56. The zero-order chi connectivity index (χ0) is 19.5. The number of carboxylic acid groups (broad SMARTS) is 1. The predicted octanol–water partition coefficient (Wildman–Crippen LogP) is 2.06. The van der Waals surface area contributed by atoms with Crippen LogP contribution in [0.2, 0.25) is 0 Å². The molecule has 2 atom stereocenters. The molecule has 1 amide bonds. The highest BCUT2D eigenvalue weighted by Crippen LogP contribution is 2.34. The van der Waals surface area contributed by atoms with Crippen LogP contribution in [0.5, 0.6) is 0 Å². The summed E-state index contributed by atoms with van der Waals surface area (Å²) < 4.78 is 26.8. The van der Waals surface area contributed by atoms with Gasteiger partial charge in [-0.25, -0.2) is 13.1 Å². The van der Waals surface area contributed by atoms with E-state index < -0.39 is 33.4 Å². The molecule has 0 heterocycles. The molecule has 0 bridgehead atoms. The number of benzene rings is 1. The first-order chi connectivity index (χ1) is 12.1. The molecular formula is C18H26N2O5S. The zero-order valence-electron chi connectivity index (χ0n) is 15.3. The van der Waals surface area contributed by atoms with Crippen molar-refractivity contribution in [3.8, 4) is 0 Å². The van der Waals surface area contributed by atoms with Crippen LogP contribution in [0.4, 0.5) is 0 Å². The molecule has 3 N–H and O–H groups in total. The van der Waals surface area contributed by atoms with E-state index >= 15 is 0 Å². The molecule has 144 valence electrons. The number of carboxylic acids is 1. The minimum absolute atomic E-state index is 0.0127. The maximum absolute atomic E-state index is 12.8. The van der Waals surface area contributed by atoms with Crippen LogP contribution >= 0.6 is 0 Å². The maximum Gasteiger partial charge on any atom is 0.308 e. The summed E-state index contributed by atoms with van der Waals surface area (Å²) in [4.78, 5) is 24.4. The van der Waals surface area contributed by atoms with Crippen molar-refractivity contribution in [3.05, 3.63) is 29.3 Å². The largest absolute Gasteiger partial charge is 0.481 e. The van der Waals surface area contributed by atoms with Gasteiger partial charge in [-0.15, -0.1) is 0 Å². The van der Waals surface area contributed by atoms with Gasteiger partial charge < -0.3 is 10.4 Å².